The largest absolute Gasteiger partial charge is 1.00 e. The van der Waals surface area contributed by atoms with Gasteiger partial charge in [0.2, 0.25) is 0 Å². The van der Waals surface area contributed by atoms with Gasteiger partial charge in [0.15, 0.2) is 0 Å². The van der Waals surface area contributed by atoms with E-state index in [1.165, 1.54) is 83.1 Å². The number of unbranched alkanes of at least 4 members (excludes halogenated alkanes) is 12. The number of hydrogen-bond acceptors (Lipinski definition) is 6. The van der Waals surface area contributed by atoms with Crippen LogP contribution in [-0.2, 0) is 16.8 Å². The van der Waals surface area contributed by atoms with E-state index in [0.29, 0.717) is 5.75 Å². The van der Waals surface area contributed by atoms with E-state index in [0.717, 1.165) is 18.4 Å². The minimum absolute atomic E-state index is 0. The Morgan fingerprint density at radius 2 is 1.10 bits per heavy atom. The molecule has 164 valence electrons. The maximum Gasteiger partial charge on any atom is 1.00 e. The van der Waals surface area contributed by atoms with Gasteiger partial charge in [-0.1, -0.05) is 84.0 Å². The van der Waals surface area contributed by atoms with Crippen molar-refractivity contribution in [2.75, 3.05) is 0 Å². The summed E-state index contributed by atoms with van der Waals surface area (Å²) in [5, 5.41) is 19.1. The number of phenols is 2. The van der Waals surface area contributed by atoms with Crippen molar-refractivity contribution in [3.8, 4) is 11.5 Å². The Labute approximate surface area is 227 Å². The van der Waals surface area contributed by atoms with Crippen molar-refractivity contribution in [2.45, 2.75) is 96.8 Å². The van der Waals surface area contributed by atoms with Gasteiger partial charge in [-0.3, -0.25) is 8.42 Å². The molecular formula is C21H36Na2O6S. The molecule has 0 bridgehead atoms. The van der Waals surface area contributed by atoms with Gasteiger partial charge in [0.25, 0.3) is 0 Å². The number of aryl methyl sites for hydroxylation is 1. The molecule has 1 aromatic rings. The fraction of sp³-hybridized carbons (Fsp3) is 0.714. The fourth-order valence-electron chi connectivity index (χ4n) is 3.11. The van der Waals surface area contributed by atoms with Crippen LogP contribution in [0.5, 0.6) is 11.5 Å². The molecule has 6 nitrogen and oxygen atoms in total. The molecule has 0 aliphatic carbocycles. The van der Waals surface area contributed by atoms with Crippen LogP contribution in [0.2, 0.25) is 0 Å². The van der Waals surface area contributed by atoms with E-state index in [9.17, 15) is 10.2 Å². The molecular weight excluding hydrogens is 426 g/mol. The zero-order chi connectivity index (χ0) is 21.3. The molecule has 0 unspecified atom stereocenters. The molecule has 1 aromatic carbocycles. The first-order valence-corrected chi connectivity index (χ1v) is 11.7. The van der Waals surface area contributed by atoms with E-state index >= 15 is 0 Å². The molecule has 0 amide bonds. The Balaban J connectivity index is -0.000000930. The maximum atomic E-state index is 9.72. The number of aromatic hydroxyl groups is 2. The van der Waals surface area contributed by atoms with Crippen molar-refractivity contribution in [1.29, 1.82) is 0 Å². The minimum Gasteiger partial charge on any atom is -0.759 e. The maximum absolute atomic E-state index is 9.72. The predicted octanol–water partition coefficient (Wildman–Crippen LogP) is -0.598. The van der Waals surface area contributed by atoms with Crippen molar-refractivity contribution in [1.82, 2.24) is 0 Å². The van der Waals surface area contributed by atoms with Crippen LogP contribution in [0.15, 0.2) is 18.2 Å². The van der Waals surface area contributed by atoms with Crippen LogP contribution in [-0.4, -0.2) is 27.7 Å². The number of rotatable bonds is 14. The molecule has 0 atom stereocenters. The van der Waals surface area contributed by atoms with Gasteiger partial charge in [0.1, 0.15) is 11.5 Å². The number of benzene rings is 1. The summed E-state index contributed by atoms with van der Waals surface area (Å²) in [6, 6.07) is 4.78. The third kappa shape index (κ3) is 26.7. The van der Waals surface area contributed by atoms with Gasteiger partial charge in [-0.25, -0.2) is 0 Å². The van der Waals surface area contributed by atoms with Crippen LogP contribution >= 0.6 is 0 Å². The Hall–Kier alpha value is 0.690. The summed E-state index contributed by atoms with van der Waals surface area (Å²) in [6.45, 7) is 2.27. The Bertz CT molecular complexity index is 604. The molecule has 0 radical (unpaired) electrons. The molecule has 0 heterocycles. The standard InChI is InChI=1S/C21H36O2.2Na.H2O4S/c1-2-3-4-5-6-7-8-9-10-11-12-13-14-15-19-18-20(22)16-17-21(19)23;;;1-5(2,3)4/h16-18,22-23H,2-15H2,1H3;;;(H2,1,2,3,4)/q;2*+1;/p-2. The quantitative estimate of drug-likeness (QED) is 0.125. The zero-order valence-corrected chi connectivity index (χ0v) is 23.9. The molecule has 0 aliphatic heterocycles. The first-order chi connectivity index (χ1) is 13.2. The van der Waals surface area contributed by atoms with E-state index in [1.807, 2.05) is 0 Å². The normalized spacial score (nSPS) is 10.4. The average Bonchev–Trinajstić information content (AvgIpc) is 2.60. The van der Waals surface area contributed by atoms with Gasteiger partial charge in [-0.15, -0.1) is 0 Å². The molecule has 0 fully saturated rings. The SMILES string of the molecule is CCCCCCCCCCCCCCCc1cc(O)ccc1O.O=S(=O)([O-])[O-].[Na+].[Na+]. The Kier molecular flexibility index (Phi) is 26.9. The summed E-state index contributed by atoms with van der Waals surface area (Å²) < 4.78 is 34.1. The van der Waals surface area contributed by atoms with Crippen LogP contribution in [0.4, 0.5) is 0 Å². The molecule has 0 saturated carbocycles. The zero-order valence-electron chi connectivity index (χ0n) is 19.1. The summed E-state index contributed by atoms with van der Waals surface area (Å²) in [7, 11) is -5.17. The van der Waals surface area contributed by atoms with Crippen molar-refractivity contribution in [3.05, 3.63) is 23.8 Å². The summed E-state index contributed by atoms with van der Waals surface area (Å²) in [5.41, 5.74) is 0.869. The van der Waals surface area contributed by atoms with E-state index < -0.39 is 10.4 Å². The summed E-state index contributed by atoms with van der Waals surface area (Å²) in [5.74, 6) is 0.550. The van der Waals surface area contributed by atoms with Gasteiger partial charge in [-0.05, 0) is 36.6 Å². The molecule has 0 aliphatic rings. The van der Waals surface area contributed by atoms with Crippen LogP contribution < -0.4 is 59.1 Å². The van der Waals surface area contributed by atoms with Gasteiger partial charge < -0.3 is 19.3 Å². The van der Waals surface area contributed by atoms with Crippen LogP contribution in [0.25, 0.3) is 0 Å². The van der Waals surface area contributed by atoms with Crippen molar-refractivity contribution < 1.29 is 86.9 Å². The van der Waals surface area contributed by atoms with Crippen LogP contribution in [0.3, 0.4) is 0 Å². The smallest absolute Gasteiger partial charge is 0.759 e. The van der Waals surface area contributed by atoms with E-state index in [-0.39, 0.29) is 64.9 Å². The minimum atomic E-state index is -5.17. The molecule has 0 spiro atoms. The second-order valence-corrected chi connectivity index (χ2v) is 8.03. The molecule has 2 N–H and O–H groups in total. The van der Waals surface area contributed by atoms with Gasteiger partial charge in [0.05, 0.1) is 0 Å². The van der Waals surface area contributed by atoms with E-state index in [1.54, 1.807) is 12.1 Å². The average molecular weight is 463 g/mol. The van der Waals surface area contributed by atoms with Crippen molar-refractivity contribution in [2.24, 2.45) is 0 Å². The Morgan fingerprint density at radius 1 is 0.733 bits per heavy atom. The van der Waals surface area contributed by atoms with Gasteiger partial charge in [-0.2, -0.15) is 0 Å². The summed E-state index contributed by atoms with van der Waals surface area (Å²) in [4.78, 5) is 0. The van der Waals surface area contributed by atoms with Crippen LogP contribution in [0.1, 0.15) is 96.0 Å². The number of hydrogen-bond donors (Lipinski definition) is 2. The third-order valence-electron chi connectivity index (χ3n) is 4.61. The Morgan fingerprint density at radius 3 is 1.50 bits per heavy atom. The van der Waals surface area contributed by atoms with Gasteiger partial charge >= 0.3 is 59.1 Å². The van der Waals surface area contributed by atoms with Crippen molar-refractivity contribution >= 4 is 10.4 Å². The second-order valence-electron chi connectivity index (χ2n) is 7.21. The predicted molar refractivity (Wildman–Crippen MR) is 110 cm³/mol. The monoisotopic (exact) mass is 462 g/mol. The van der Waals surface area contributed by atoms with E-state index in [4.69, 9.17) is 17.5 Å². The molecule has 1 rings (SSSR count). The molecule has 0 saturated heterocycles. The first kappa shape index (κ1) is 35.3. The number of phenolic OH excluding ortho intramolecular Hbond substituents is 2. The topological polar surface area (TPSA) is 121 Å². The fourth-order valence-corrected chi connectivity index (χ4v) is 3.11. The first-order valence-electron chi connectivity index (χ1n) is 10.4. The summed E-state index contributed by atoms with van der Waals surface area (Å²) >= 11 is 0. The van der Waals surface area contributed by atoms with Gasteiger partial charge in [0, 0.05) is 10.4 Å². The molecule has 9 heteroatoms. The summed E-state index contributed by atoms with van der Waals surface area (Å²) in [6.07, 6.45) is 18.4. The van der Waals surface area contributed by atoms with E-state index in [2.05, 4.69) is 6.92 Å². The van der Waals surface area contributed by atoms with Crippen molar-refractivity contribution in [3.63, 3.8) is 0 Å². The molecule has 0 aromatic heterocycles. The second kappa shape index (κ2) is 22.9. The third-order valence-corrected chi connectivity index (χ3v) is 4.61. The van der Waals surface area contributed by atoms with Crippen LogP contribution in [0, 0.1) is 0 Å². The molecule has 30 heavy (non-hydrogen) atoms.